The molecule has 0 spiro atoms. The summed E-state index contributed by atoms with van der Waals surface area (Å²) >= 11 is 0. The maximum absolute atomic E-state index is 12.8. The third-order valence-corrected chi connectivity index (χ3v) is 4.87. The molecule has 0 radical (unpaired) electrons. The second-order valence-electron chi connectivity index (χ2n) is 7.61. The molecule has 2 aliphatic heterocycles. The second kappa shape index (κ2) is 5.28. The number of likely N-dealkylation sites (tertiary alicyclic amines) is 1. The van der Waals surface area contributed by atoms with Gasteiger partial charge in [-0.05, 0) is 20.8 Å². The van der Waals surface area contributed by atoms with E-state index in [1.54, 1.807) is 0 Å². The van der Waals surface area contributed by atoms with E-state index in [1.807, 2.05) is 11.8 Å². The minimum absolute atomic E-state index is 0.101. The van der Waals surface area contributed by atoms with Gasteiger partial charge in [-0.25, -0.2) is 0 Å². The number of quaternary nitrogens is 1. The van der Waals surface area contributed by atoms with Gasteiger partial charge in [0.2, 0.25) is 0 Å². The van der Waals surface area contributed by atoms with Gasteiger partial charge in [-0.15, -0.1) is 0 Å². The largest absolute Gasteiger partial charge is 0.384 e. The van der Waals surface area contributed by atoms with Crippen LogP contribution in [0, 0.1) is 0 Å². The number of nitrogens with zero attached hydrogens (tertiary/aromatic N) is 3. The first-order valence-corrected chi connectivity index (χ1v) is 7.70. The van der Waals surface area contributed by atoms with Crippen molar-refractivity contribution < 1.29 is 14.4 Å². The average molecular weight is 284 g/mol. The topological polar surface area (TPSA) is 43.8 Å². The number of hydrogen-bond donors (Lipinski definition) is 1. The fourth-order valence-corrected chi connectivity index (χ4v) is 3.77. The predicted molar refractivity (Wildman–Crippen MR) is 79.3 cm³/mol. The van der Waals surface area contributed by atoms with Crippen molar-refractivity contribution in [3.63, 3.8) is 0 Å². The van der Waals surface area contributed by atoms with Gasteiger partial charge < -0.3 is 14.5 Å². The van der Waals surface area contributed by atoms with Crippen LogP contribution in [0.5, 0.6) is 0 Å². The molecule has 2 aliphatic rings. The van der Waals surface area contributed by atoms with Gasteiger partial charge in [0, 0.05) is 38.6 Å². The maximum atomic E-state index is 12.8. The number of hydrogen-bond acceptors (Lipinski definition) is 3. The summed E-state index contributed by atoms with van der Waals surface area (Å²) in [5.74, 6) is 0.219. The summed E-state index contributed by atoms with van der Waals surface area (Å²) in [5.41, 5.74) is -0.719. The van der Waals surface area contributed by atoms with Crippen molar-refractivity contribution >= 4 is 5.91 Å². The molecule has 0 saturated carbocycles. The van der Waals surface area contributed by atoms with Gasteiger partial charge in [-0.2, -0.15) is 0 Å². The molecule has 0 aromatic rings. The molecule has 2 fully saturated rings. The number of amides is 1. The SMILES string of the molecule is CC(C)N1CCN(C(=O)[C@@H]2C[C@](C)(O)C[N+]2(C)C)CC1. The Morgan fingerprint density at radius 2 is 1.80 bits per heavy atom. The van der Waals surface area contributed by atoms with E-state index in [0.29, 0.717) is 23.5 Å². The second-order valence-corrected chi connectivity index (χ2v) is 7.61. The standard InChI is InChI=1S/C15H30N3O2/c1-12(2)16-6-8-17(9-7-16)14(19)13-10-15(3,20)11-18(13,4)5/h12-13,20H,6-11H2,1-5H3/q+1/t13-,15-/m0/s1. The molecule has 0 bridgehead atoms. The van der Waals surface area contributed by atoms with Crippen LogP contribution in [0.3, 0.4) is 0 Å². The first kappa shape index (κ1) is 15.7. The highest BCUT2D eigenvalue weighted by Gasteiger charge is 2.52. The molecule has 2 rings (SSSR count). The monoisotopic (exact) mass is 284 g/mol. The molecule has 2 saturated heterocycles. The van der Waals surface area contributed by atoms with Crippen molar-refractivity contribution in [2.24, 2.45) is 0 Å². The van der Waals surface area contributed by atoms with E-state index in [-0.39, 0.29) is 11.9 Å². The number of aliphatic hydroxyl groups is 1. The first-order chi connectivity index (χ1) is 9.12. The quantitative estimate of drug-likeness (QED) is 0.734. The van der Waals surface area contributed by atoms with Crippen LogP contribution < -0.4 is 0 Å². The molecule has 5 heteroatoms. The van der Waals surface area contributed by atoms with E-state index in [4.69, 9.17) is 0 Å². The van der Waals surface area contributed by atoms with Crippen LogP contribution in [-0.2, 0) is 4.79 Å². The van der Waals surface area contributed by atoms with Gasteiger partial charge in [-0.3, -0.25) is 9.69 Å². The van der Waals surface area contributed by atoms with Gasteiger partial charge in [0.25, 0.3) is 5.91 Å². The van der Waals surface area contributed by atoms with E-state index in [1.165, 1.54) is 0 Å². The lowest BCUT2D eigenvalue weighted by atomic mass is 10.0. The normalized spacial score (nSPS) is 34.8. The number of carbonyl (C=O) groups excluding carboxylic acids is 1. The lowest BCUT2D eigenvalue weighted by Crippen LogP contribution is -2.58. The van der Waals surface area contributed by atoms with Gasteiger partial charge in [-0.1, -0.05) is 0 Å². The summed E-state index contributed by atoms with van der Waals surface area (Å²) in [4.78, 5) is 17.2. The molecule has 0 aromatic heterocycles. The molecule has 2 atom stereocenters. The number of rotatable bonds is 2. The summed E-state index contributed by atoms with van der Waals surface area (Å²) in [6.07, 6.45) is 0.573. The summed E-state index contributed by atoms with van der Waals surface area (Å²) in [6.45, 7) is 10.4. The molecule has 20 heavy (non-hydrogen) atoms. The minimum Gasteiger partial charge on any atom is -0.384 e. The summed E-state index contributed by atoms with van der Waals surface area (Å²) < 4.78 is 0.593. The predicted octanol–water partition coefficient (Wildman–Crippen LogP) is 0.139. The number of likely N-dealkylation sites (N-methyl/N-ethyl adjacent to an activating group) is 1. The van der Waals surface area contributed by atoms with Crippen molar-refractivity contribution in [3.05, 3.63) is 0 Å². The van der Waals surface area contributed by atoms with Crippen LogP contribution in [0.15, 0.2) is 0 Å². The van der Waals surface area contributed by atoms with Crippen LogP contribution in [0.2, 0.25) is 0 Å². The lowest BCUT2D eigenvalue weighted by Gasteiger charge is -2.39. The smallest absolute Gasteiger partial charge is 0.281 e. The van der Waals surface area contributed by atoms with E-state index in [9.17, 15) is 9.90 Å². The third kappa shape index (κ3) is 3.15. The lowest BCUT2D eigenvalue weighted by molar-refractivity contribution is -0.896. The van der Waals surface area contributed by atoms with E-state index < -0.39 is 5.60 Å². The fourth-order valence-electron chi connectivity index (χ4n) is 3.77. The number of carbonyl (C=O) groups is 1. The zero-order valence-electron chi connectivity index (χ0n) is 13.6. The third-order valence-electron chi connectivity index (χ3n) is 4.87. The maximum Gasteiger partial charge on any atom is 0.281 e. The van der Waals surface area contributed by atoms with Gasteiger partial charge in [0.15, 0.2) is 6.04 Å². The van der Waals surface area contributed by atoms with E-state index >= 15 is 0 Å². The molecule has 5 nitrogen and oxygen atoms in total. The van der Waals surface area contributed by atoms with Crippen molar-refractivity contribution in [1.29, 1.82) is 0 Å². The van der Waals surface area contributed by atoms with Crippen LogP contribution in [0.1, 0.15) is 27.2 Å². The van der Waals surface area contributed by atoms with Crippen molar-refractivity contribution in [2.75, 3.05) is 46.8 Å². The molecule has 0 aromatic carbocycles. The molecular formula is C15H30N3O2+. The molecule has 0 unspecified atom stereocenters. The molecular weight excluding hydrogens is 254 g/mol. The number of piperazine rings is 1. The van der Waals surface area contributed by atoms with Crippen LogP contribution in [0.4, 0.5) is 0 Å². The highest BCUT2D eigenvalue weighted by atomic mass is 16.3. The van der Waals surface area contributed by atoms with Crippen molar-refractivity contribution in [3.8, 4) is 0 Å². The van der Waals surface area contributed by atoms with Crippen LogP contribution in [-0.4, -0.2) is 89.8 Å². The zero-order chi connectivity index (χ0) is 15.1. The van der Waals surface area contributed by atoms with Crippen molar-refractivity contribution in [2.45, 2.75) is 44.9 Å². The summed E-state index contributed by atoms with van der Waals surface area (Å²) in [5, 5.41) is 10.3. The Morgan fingerprint density at radius 1 is 1.25 bits per heavy atom. The highest BCUT2D eigenvalue weighted by molar-refractivity contribution is 5.81. The van der Waals surface area contributed by atoms with Gasteiger partial charge >= 0.3 is 0 Å². The van der Waals surface area contributed by atoms with E-state index in [0.717, 1.165) is 26.2 Å². The Hall–Kier alpha value is -0.650. The Morgan fingerprint density at radius 3 is 2.20 bits per heavy atom. The van der Waals surface area contributed by atoms with Crippen molar-refractivity contribution in [1.82, 2.24) is 9.80 Å². The zero-order valence-corrected chi connectivity index (χ0v) is 13.6. The highest BCUT2D eigenvalue weighted by Crippen LogP contribution is 2.32. The average Bonchev–Trinajstić information content (AvgIpc) is 2.56. The summed E-state index contributed by atoms with van der Waals surface area (Å²) in [6, 6.07) is 0.447. The van der Waals surface area contributed by atoms with Gasteiger partial charge in [0.1, 0.15) is 12.1 Å². The Balaban J connectivity index is 1.99. The summed E-state index contributed by atoms with van der Waals surface area (Å²) in [7, 11) is 4.10. The first-order valence-electron chi connectivity index (χ1n) is 7.70. The van der Waals surface area contributed by atoms with Gasteiger partial charge in [0.05, 0.1) is 14.1 Å². The fraction of sp³-hybridized carbons (Fsp3) is 0.933. The van der Waals surface area contributed by atoms with Crippen LogP contribution in [0.25, 0.3) is 0 Å². The minimum atomic E-state index is -0.719. The van der Waals surface area contributed by atoms with E-state index in [2.05, 4.69) is 32.8 Å². The molecule has 2 heterocycles. The Kier molecular flexibility index (Phi) is 4.15. The van der Waals surface area contributed by atoms with Crippen LogP contribution >= 0.6 is 0 Å². The Labute approximate surface area is 122 Å². The molecule has 1 amide bonds. The molecule has 0 aliphatic carbocycles. The molecule has 116 valence electrons. The Bertz CT molecular complexity index is 371. The molecule has 1 N–H and O–H groups in total.